The van der Waals surface area contributed by atoms with Crippen LogP contribution in [0, 0.1) is 0 Å². The van der Waals surface area contributed by atoms with Crippen LogP contribution in [-0.4, -0.2) is 0 Å². The molecule has 0 fully saturated rings. The maximum absolute atomic E-state index is 6.26. The van der Waals surface area contributed by atoms with Crippen molar-refractivity contribution in [1.82, 2.24) is 0 Å². The molecule has 1 aromatic heterocycles. The topological polar surface area (TPSA) is 16.4 Å². The van der Waals surface area contributed by atoms with Gasteiger partial charge in [-0.2, -0.15) is 0 Å². The predicted molar refractivity (Wildman–Crippen MR) is 228 cm³/mol. The van der Waals surface area contributed by atoms with E-state index in [0.29, 0.717) is 0 Å². The van der Waals surface area contributed by atoms with Crippen LogP contribution < -0.4 is 4.90 Å². The molecule has 1 heterocycles. The van der Waals surface area contributed by atoms with Gasteiger partial charge < -0.3 is 9.32 Å². The van der Waals surface area contributed by atoms with E-state index in [-0.39, 0.29) is 0 Å². The van der Waals surface area contributed by atoms with Gasteiger partial charge in [0.1, 0.15) is 11.2 Å². The van der Waals surface area contributed by atoms with E-state index in [4.69, 9.17) is 4.42 Å². The lowest BCUT2D eigenvalue weighted by Crippen LogP contribution is -2.12. The molecule has 0 aliphatic rings. The second-order valence-corrected chi connectivity index (χ2v) is 13.7. The van der Waals surface area contributed by atoms with Gasteiger partial charge >= 0.3 is 0 Å². The van der Waals surface area contributed by atoms with E-state index in [0.717, 1.165) is 61.3 Å². The molecular formula is C52H35NO. The lowest BCUT2D eigenvalue weighted by Gasteiger charge is -2.30. The molecule has 0 aliphatic carbocycles. The van der Waals surface area contributed by atoms with Crippen molar-refractivity contribution in [2.24, 2.45) is 0 Å². The molecule has 9 aromatic carbocycles. The highest BCUT2D eigenvalue weighted by molar-refractivity contribution is 6.09. The van der Waals surface area contributed by atoms with Crippen LogP contribution in [0.3, 0.4) is 0 Å². The van der Waals surface area contributed by atoms with Gasteiger partial charge in [0, 0.05) is 27.6 Å². The van der Waals surface area contributed by atoms with Gasteiger partial charge in [0.15, 0.2) is 0 Å². The van der Waals surface area contributed by atoms with Crippen molar-refractivity contribution in [1.29, 1.82) is 0 Å². The fourth-order valence-corrected chi connectivity index (χ4v) is 7.97. The fourth-order valence-electron chi connectivity index (χ4n) is 7.97. The lowest BCUT2D eigenvalue weighted by molar-refractivity contribution is 0.669. The average Bonchev–Trinajstić information content (AvgIpc) is 3.63. The third-order valence-corrected chi connectivity index (χ3v) is 10.5. The summed E-state index contributed by atoms with van der Waals surface area (Å²) in [4.78, 5) is 2.42. The summed E-state index contributed by atoms with van der Waals surface area (Å²) < 4.78 is 6.26. The largest absolute Gasteiger partial charge is 0.456 e. The van der Waals surface area contributed by atoms with Crippen LogP contribution in [0.15, 0.2) is 217 Å². The average molecular weight is 690 g/mol. The molecule has 0 N–H and O–H groups in total. The lowest BCUT2D eigenvalue weighted by atomic mass is 9.90. The zero-order valence-corrected chi connectivity index (χ0v) is 29.6. The molecule has 2 nitrogen and oxygen atoms in total. The van der Waals surface area contributed by atoms with Gasteiger partial charge in [-0.3, -0.25) is 0 Å². The molecule has 10 aromatic rings. The van der Waals surface area contributed by atoms with Crippen LogP contribution in [0.4, 0.5) is 17.1 Å². The minimum Gasteiger partial charge on any atom is -0.456 e. The Morgan fingerprint density at radius 2 is 0.852 bits per heavy atom. The zero-order chi connectivity index (χ0) is 35.8. The summed E-state index contributed by atoms with van der Waals surface area (Å²) in [6.45, 7) is 0. The first-order valence-electron chi connectivity index (χ1n) is 18.4. The predicted octanol–water partition coefficient (Wildman–Crippen LogP) is 14.9. The van der Waals surface area contributed by atoms with Gasteiger partial charge in [0.25, 0.3) is 0 Å². The van der Waals surface area contributed by atoms with Gasteiger partial charge in [-0.1, -0.05) is 170 Å². The summed E-state index contributed by atoms with van der Waals surface area (Å²) in [5, 5.41) is 4.73. The van der Waals surface area contributed by atoms with Crippen LogP contribution in [0.25, 0.3) is 77.2 Å². The Morgan fingerprint density at radius 3 is 1.59 bits per heavy atom. The molecule has 0 amide bonds. The van der Waals surface area contributed by atoms with Crippen molar-refractivity contribution < 1.29 is 4.42 Å². The number of para-hydroxylation sites is 3. The van der Waals surface area contributed by atoms with Crippen LogP contribution >= 0.6 is 0 Å². The van der Waals surface area contributed by atoms with Crippen molar-refractivity contribution in [2.45, 2.75) is 0 Å². The van der Waals surface area contributed by atoms with Gasteiger partial charge in [-0.25, -0.2) is 0 Å². The quantitative estimate of drug-likeness (QED) is 0.166. The minimum atomic E-state index is 0.898. The molecule has 10 rings (SSSR count). The third kappa shape index (κ3) is 5.53. The second-order valence-electron chi connectivity index (χ2n) is 13.7. The summed E-state index contributed by atoms with van der Waals surface area (Å²) in [5.41, 5.74) is 14.5. The molecule has 0 aliphatic heterocycles. The molecule has 0 atom stereocenters. The van der Waals surface area contributed by atoms with E-state index in [9.17, 15) is 0 Å². The number of rotatable bonds is 7. The number of nitrogens with zero attached hydrogens (tertiary/aromatic N) is 1. The first kappa shape index (κ1) is 31.6. The van der Waals surface area contributed by atoms with Crippen LogP contribution in [0.2, 0.25) is 0 Å². The Kier molecular flexibility index (Phi) is 7.85. The number of furan rings is 1. The maximum Gasteiger partial charge on any atom is 0.136 e. The Bertz CT molecular complexity index is 2920. The number of benzene rings is 9. The highest BCUT2D eigenvalue weighted by Crippen LogP contribution is 2.47. The molecule has 0 saturated heterocycles. The van der Waals surface area contributed by atoms with Crippen molar-refractivity contribution in [3.05, 3.63) is 212 Å². The van der Waals surface area contributed by atoms with Crippen LogP contribution in [0.1, 0.15) is 0 Å². The molecule has 0 bridgehead atoms. The molecule has 54 heavy (non-hydrogen) atoms. The van der Waals surface area contributed by atoms with Gasteiger partial charge in [-0.15, -0.1) is 0 Å². The van der Waals surface area contributed by atoms with E-state index >= 15 is 0 Å². The monoisotopic (exact) mass is 689 g/mol. The number of anilines is 3. The molecule has 0 radical (unpaired) electrons. The second kappa shape index (κ2) is 13.4. The normalized spacial score (nSPS) is 11.3. The summed E-state index contributed by atoms with van der Waals surface area (Å²) in [6, 6.07) is 76.0. The van der Waals surface area contributed by atoms with Crippen molar-refractivity contribution >= 4 is 49.8 Å². The van der Waals surface area contributed by atoms with Gasteiger partial charge in [0.05, 0.1) is 11.4 Å². The van der Waals surface area contributed by atoms with Crippen molar-refractivity contribution in [3.63, 3.8) is 0 Å². The standard InChI is InChI=1S/C52H35NO/c1-3-15-37(16-4-1)42-21-7-10-26-48(42)53(41-32-29-36(30-33-41)40-31-34-46-45-23-9-12-28-50(45)54-51(46)35-40)49-27-11-8-22-44(49)47-25-14-20-39-19-13-24-43(52(39)47)38-17-5-2-6-18-38/h1-35H. The smallest absolute Gasteiger partial charge is 0.136 e. The number of hydrogen-bond donors (Lipinski definition) is 0. The maximum atomic E-state index is 6.26. The third-order valence-electron chi connectivity index (χ3n) is 10.5. The molecule has 254 valence electrons. The highest BCUT2D eigenvalue weighted by Gasteiger charge is 2.22. The number of fused-ring (bicyclic) bond motifs is 4. The SMILES string of the molecule is c1ccc(-c2ccccc2N(c2ccc(-c3ccc4c(c3)oc3ccccc34)cc2)c2ccccc2-c2cccc3cccc(-c4ccccc4)c23)cc1. The van der Waals surface area contributed by atoms with Gasteiger partial charge in [0.2, 0.25) is 0 Å². The summed E-state index contributed by atoms with van der Waals surface area (Å²) in [7, 11) is 0. The van der Waals surface area contributed by atoms with E-state index in [1.165, 1.54) is 33.0 Å². The first-order chi connectivity index (χ1) is 26.8. The summed E-state index contributed by atoms with van der Waals surface area (Å²) >= 11 is 0. The zero-order valence-electron chi connectivity index (χ0n) is 29.6. The molecule has 2 heteroatoms. The van der Waals surface area contributed by atoms with E-state index in [2.05, 4.69) is 205 Å². The Morgan fingerprint density at radius 1 is 0.315 bits per heavy atom. The van der Waals surface area contributed by atoms with Crippen molar-refractivity contribution in [3.8, 4) is 44.5 Å². The Labute approximate surface area is 314 Å². The molecular weight excluding hydrogens is 655 g/mol. The van der Waals surface area contributed by atoms with E-state index in [1.807, 2.05) is 12.1 Å². The highest BCUT2D eigenvalue weighted by atomic mass is 16.3. The number of hydrogen-bond acceptors (Lipinski definition) is 2. The van der Waals surface area contributed by atoms with Crippen LogP contribution in [0.5, 0.6) is 0 Å². The Hall–Kier alpha value is -7.16. The minimum absolute atomic E-state index is 0.898. The summed E-state index contributed by atoms with van der Waals surface area (Å²) in [6.07, 6.45) is 0. The van der Waals surface area contributed by atoms with E-state index in [1.54, 1.807) is 0 Å². The summed E-state index contributed by atoms with van der Waals surface area (Å²) in [5.74, 6) is 0. The molecule has 0 spiro atoms. The molecule has 0 unspecified atom stereocenters. The Balaban J connectivity index is 1.16. The van der Waals surface area contributed by atoms with E-state index < -0.39 is 0 Å². The molecule has 0 saturated carbocycles. The fraction of sp³-hybridized carbons (Fsp3) is 0. The van der Waals surface area contributed by atoms with Crippen LogP contribution in [-0.2, 0) is 0 Å². The van der Waals surface area contributed by atoms with Gasteiger partial charge in [-0.05, 0) is 86.6 Å². The van der Waals surface area contributed by atoms with Crippen molar-refractivity contribution in [2.75, 3.05) is 4.90 Å². The first-order valence-corrected chi connectivity index (χ1v) is 18.4.